The van der Waals surface area contributed by atoms with Crippen LogP contribution in [-0.4, -0.2) is 25.0 Å². The van der Waals surface area contributed by atoms with E-state index < -0.39 is 0 Å². The van der Waals surface area contributed by atoms with Gasteiger partial charge in [0.05, 0.1) is 0 Å². The molecular formula is C11H16ClFN2. The monoisotopic (exact) mass is 230 g/mol. The Labute approximate surface area is 94.8 Å². The fourth-order valence-corrected chi connectivity index (χ4v) is 1.70. The van der Waals surface area contributed by atoms with E-state index in [0.717, 1.165) is 6.54 Å². The molecule has 0 bridgehead atoms. The van der Waals surface area contributed by atoms with E-state index in [1.807, 2.05) is 18.9 Å². The van der Waals surface area contributed by atoms with Crippen molar-refractivity contribution in [3.63, 3.8) is 0 Å². The van der Waals surface area contributed by atoms with Gasteiger partial charge in [-0.25, -0.2) is 4.39 Å². The number of nitrogens with zero attached hydrogens (tertiary/aromatic N) is 1. The van der Waals surface area contributed by atoms with Gasteiger partial charge in [-0.1, -0.05) is 24.6 Å². The largest absolute Gasteiger partial charge is 0.329 e. The molecule has 0 saturated heterocycles. The van der Waals surface area contributed by atoms with Crippen LogP contribution in [0.4, 0.5) is 4.39 Å². The molecule has 0 amide bonds. The Morgan fingerprint density at radius 2 is 2.20 bits per heavy atom. The molecule has 1 atom stereocenters. The topological polar surface area (TPSA) is 29.3 Å². The van der Waals surface area contributed by atoms with Gasteiger partial charge in [0, 0.05) is 23.2 Å². The van der Waals surface area contributed by atoms with Crippen LogP contribution in [0.3, 0.4) is 0 Å². The molecule has 4 heteroatoms. The Hall–Kier alpha value is -0.640. The van der Waals surface area contributed by atoms with Crippen LogP contribution in [0.25, 0.3) is 0 Å². The molecule has 2 N–H and O–H groups in total. The molecule has 15 heavy (non-hydrogen) atoms. The van der Waals surface area contributed by atoms with Crippen LogP contribution in [-0.2, 0) is 0 Å². The standard InChI is InChI=1S/C11H16ClFN2/c1-3-15(2)11(7-14)9-5-4-8(12)6-10(9)13/h4-6,11H,3,7,14H2,1-2H3. The number of rotatable bonds is 4. The lowest BCUT2D eigenvalue weighted by Gasteiger charge is -2.26. The summed E-state index contributed by atoms with van der Waals surface area (Å²) < 4.78 is 13.6. The molecule has 0 radical (unpaired) electrons. The van der Waals surface area contributed by atoms with E-state index in [1.54, 1.807) is 12.1 Å². The predicted octanol–water partition coefficient (Wildman–Crippen LogP) is 2.43. The van der Waals surface area contributed by atoms with E-state index in [2.05, 4.69) is 0 Å². The van der Waals surface area contributed by atoms with Crippen LogP contribution in [0, 0.1) is 5.82 Å². The summed E-state index contributed by atoms with van der Waals surface area (Å²) >= 11 is 5.69. The first-order chi connectivity index (χ1) is 7.10. The van der Waals surface area contributed by atoms with Crippen LogP contribution < -0.4 is 5.73 Å². The van der Waals surface area contributed by atoms with Gasteiger partial charge in [-0.2, -0.15) is 0 Å². The van der Waals surface area contributed by atoms with Crippen molar-refractivity contribution in [1.29, 1.82) is 0 Å². The van der Waals surface area contributed by atoms with Gasteiger partial charge in [-0.15, -0.1) is 0 Å². The van der Waals surface area contributed by atoms with Gasteiger partial charge in [0.1, 0.15) is 5.82 Å². The van der Waals surface area contributed by atoms with Gasteiger partial charge in [-0.3, -0.25) is 4.90 Å². The highest BCUT2D eigenvalue weighted by molar-refractivity contribution is 6.30. The third kappa shape index (κ3) is 2.91. The second kappa shape index (κ2) is 5.45. The van der Waals surface area contributed by atoms with Gasteiger partial charge in [0.15, 0.2) is 0 Å². The maximum Gasteiger partial charge on any atom is 0.129 e. The molecule has 0 aliphatic heterocycles. The lowest BCUT2D eigenvalue weighted by atomic mass is 10.1. The van der Waals surface area contributed by atoms with E-state index in [-0.39, 0.29) is 11.9 Å². The Morgan fingerprint density at radius 3 is 2.67 bits per heavy atom. The van der Waals surface area contributed by atoms with Crippen LogP contribution in [0.2, 0.25) is 5.02 Å². The van der Waals surface area contributed by atoms with Gasteiger partial charge in [0.2, 0.25) is 0 Å². The van der Waals surface area contributed by atoms with Gasteiger partial charge < -0.3 is 5.73 Å². The summed E-state index contributed by atoms with van der Waals surface area (Å²) in [6.45, 7) is 3.23. The van der Waals surface area contributed by atoms with Crippen molar-refractivity contribution in [2.45, 2.75) is 13.0 Å². The Bertz CT molecular complexity index is 330. The minimum absolute atomic E-state index is 0.0905. The zero-order chi connectivity index (χ0) is 11.4. The normalized spacial score (nSPS) is 13.2. The smallest absolute Gasteiger partial charge is 0.129 e. The van der Waals surface area contributed by atoms with Crippen molar-refractivity contribution in [2.24, 2.45) is 5.73 Å². The summed E-state index contributed by atoms with van der Waals surface area (Å²) in [5.41, 5.74) is 6.25. The van der Waals surface area contributed by atoms with Crippen molar-refractivity contribution in [3.8, 4) is 0 Å². The van der Waals surface area contributed by atoms with E-state index in [0.29, 0.717) is 17.1 Å². The number of hydrogen-bond donors (Lipinski definition) is 1. The summed E-state index contributed by atoms with van der Waals surface area (Å²) in [4.78, 5) is 2.01. The Kier molecular flexibility index (Phi) is 4.51. The number of benzene rings is 1. The fourth-order valence-electron chi connectivity index (χ4n) is 1.54. The molecule has 0 saturated carbocycles. The highest BCUT2D eigenvalue weighted by Gasteiger charge is 2.17. The molecule has 0 aliphatic carbocycles. The molecule has 0 spiro atoms. The average molecular weight is 231 g/mol. The summed E-state index contributed by atoms with van der Waals surface area (Å²) in [6.07, 6.45) is 0. The van der Waals surface area contributed by atoms with E-state index in [4.69, 9.17) is 17.3 Å². The van der Waals surface area contributed by atoms with Crippen LogP contribution in [0.15, 0.2) is 18.2 Å². The van der Waals surface area contributed by atoms with Crippen molar-refractivity contribution in [1.82, 2.24) is 4.90 Å². The highest BCUT2D eigenvalue weighted by atomic mass is 35.5. The summed E-state index contributed by atoms with van der Waals surface area (Å²) in [5.74, 6) is -0.293. The predicted molar refractivity (Wildman–Crippen MR) is 61.5 cm³/mol. The van der Waals surface area contributed by atoms with Gasteiger partial charge >= 0.3 is 0 Å². The molecule has 2 nitrogen and oxygen atoms in total. The van der Waals surface area contributed by atoms with Gasteiger partial charge in [-0.05, 0) is 25.7 Å². The Balaban J connectivity index is 3.01. The van der Waals surface area contributed by atoms with Crippen LogP contribution in [0.1, 0.15) is 18.5 Å². The molecule has 0 heterocycles. The molecule has 0 aromatic heterocycles. The number of hydrogen-bond acceptors (Lipinski definition) is 2. The zero-order valence-corrected chi connectivity index (χ0v) is 9.76. The Morgan fingerprint density at radius 1 is 1.53 bits per heavy atom. The molecule has 1 rings (SSSR count). The fraction of sp³-hybridized carbons (Fsp3) is 0.455. The van der Waals surface area contributed by atoms with Crippen LogP contribution in [0.5, 0.6) is 0 Å². The average Bonchev–Trinajstić information content (AvgIpc) is 2.21. The first kappa shape index (κ1) is 12.4. The second-order valence-electron chi connectivity index (χ2n) is 3.49. The highest BCUT2D eigenvalue weighted by Crippen LogP contribution is 2.23. The number of halogens is 2. The summed E-state index contributed by atoms with van der Waals surface area (Å²) in [5, 5.41) is 0.408. The van der Waals surface area contributed by atoms with Crippen molar-refractivity contribution in [2.75, 3.05) is 20.1 Å². The van der Waals surface area contributed by atoms with Crippen molar-refractivity contribution >= 4 is 11.6 Å². The molecule has 0 fully saturated rings. The van der Waals surface area contributed by atoms with Crippen molar-refractivity contribution < 1.29 is 4.39 Å². The number of likely N-dealkylation sites (N-methyl/N-ethyl adjacent to an activating group) is 1. The van der Waals surface area contributed by atoms with E-state index >= 15 is 0 Å². The maximum absolute atomic E-state index is 13.6. The minimum atomic E-state index is -0.293. The summed E-state index contributed by atoms with van der Waals surface area (Å²) in [6, 6.07) is 4.61. The van der Waals surface area contributed by atoms with E-state index in [9.17, 15) is 4.39 Å². The lowest BCUT2D eigenvalue weighted by Crippen LogP contribution is -2.31. The van der Waals surface area contributed by atoms with Crippen LogP contribution >= 0.6 is 11.6 Å². The quantitative estimate of drug-likeness (QED) is 0.861. The maximum atomic E-state index is 13.6. The molecule has 84 valence electrons. The SMILES string of the molecule is CCN(C)C(CN)c1ccc(Cl)cc1F. The first-order valence-corrected chi connectivity index (χ1v) is 5.33. The zero-order valence-electron chi connectivity index (χ0n) is 9.00. The first-order valence-electron chi connectivity index (χ1n) is 4.95. The molecule has 0 aliphatic rings. The third-order valence-corrected chi connectivity index (χ3v) is 2.81. The number of nitrogens with two attached hydrogens (primary N) is 1. The molecule has 1 aromatic rings. The van der Waals surface area contributed by atoms with Crippen molar-refractivity contribution in [3.05, 3.63) is 34.6 Å². The third-order valence-electron chi connectivity index (χ3n) is 2.58. The molecular weight excluding hydrogens is 215 g/mol. The second-order valence-corrected chi connectivity index (χ2v) is 3.93. The lowest BCUT2D eigenvalue weighted by molar-refractivity contribution is 0.258. The summed E-state index contributed by atoms with van der Waals surface area (Å²) in [7, 11) is 1.92. The van der Waals surface area contributed by atoms with Gasteiger partial charge in [0.25, 0.3) is 0 Å². The molecule has 1 aromatic carbocycles. The van der Waals surface area contributed by atoms with E-state index in [1.165, 1.54) is 6.07 Å². The minimum Gasteiger partial charge on any atom is -0.329 e. The molecule has 1 unspecified atom stereocenters.